The van der Waals surface area contributed by atoms with Gasteiger partial charge in [-0.25, -0.2) is 9.18 Å². The molecule has 3 rings (SSSR count). The number of nitrogens with zero attached hydrogens (tertiary/aromatic N) is 2. The van der Waals surface area contributed by atoms with Gasteiger partial charge in [0.2, 0.25) is 0 Å². The Balaban J connectivity index is 1.77. The van der Waals surface area contributed by atoms with Gasteiger partial charge in [0.25, 0.3) is 0 Å². The van der Waals surface area contributed by atoms with E-state index in [9.17, 15) is 14.3 Å². The van der Waals surface area contributed by atoms with Gasteiger partial charge >= 0.3 is 6.09 Å². The Labute approximate surface area is 158 Å². The first-order valence-corrected chi connectivity index (χ1v) is 9.10. The highest BCUT2D eigenvalue weighted by Gasteiger charge is 2.49. The Kier molecular flexibility index (Phi) is 5.15. The molecule has 2 unspecified atom stereocenters. The molecule has 2 aliphatic rings. The smallest absolute Gasteiger partial charge is 0.410 e. The van der Waals surface area contributed by atoms with E-state index < -0.39 is 23.1 Å². The van der Waals surface area contributed by atoms with Crippen LogP contribution in [0.15, 0.2) is 18.2 Å². The summed E-state index contributed by atoms with van der Waals surface area (Å²) in [5.74, 6) is -0.501. The number of rotatable bonds is 2. The highest BCUT2D eigenvalue weighted by molar-refractivity contribution is 5.69. The van der Waals surface area contributed by atoms with Crippen molar-refractivity contribution in [1.29, 1.82) is 5.26 Å². The monoisotopic (exact) mass is 376 g/mol. The molecule has 2 heterocycles. The van der Waals surface area contributed by atoms with E-state index >= 15 is 0 Å². The van der Waals surface area contributed by atoms with Crippen LogP contribution in [0.2, 0.25) is 0 Å². The predicted molar refractivity (Wildman–Crippen MR) is 95.5 cm³/mol. The third kappa shape index (κ3) is 4.40. The van der Waals surface area contributed by atoms with Gasteiger partial charge in [-0.1, -0.05) is 6.07 Å². The molecule has 0 aliphatic carbocycles. The van der Waals surface area contributed by atoms with Crippen LogP contribution in [0.4, 0.5) is 9.18 Å². The first kappa shape index (κ1) is 19.6. The number of piperidine rings is 1. The van der Waals surface area contributed by atoms with E-state index in [0.29, 0.717) is 18.8 Å². The predicted octanol–water partition coefficient (Wildman–Crippen LogP) is 2.77. The summed E-state index contributed by atoms with van der Waals surface area (Å²) in [5, 5.41) is 20.0. The number of carbonyl (C=O) groups is 1. The summed E-state index contributed by atoms with van der Waals surface area (Å²) in [7, 11) is 0. The number of morpholine rings is 1. The number of ether oxygens (including phenoxy) is 2. The molecule has 0 aromatic heterocycles. The van der Waals surface area contributed by atoms with E-state index in [0.717, 1.165) is 0 Å². The molecule has 2 fully saturated rings. The molecule has 0 saturated carbocycles. The number of hydrogen-bond acceptors (Lipinski definition) is 5. The zero-order chi connectivity index (χ0) is 19.8. The van der Waals surface area contributed by atoms with Gasteiger partial charge in [0.15, 0.2) is 0 Å². The number of carbonyl (C=O) groups excluding carboxylic acids is 1. The van der Waals surface area contributed by atoms with Crippen molar-refractivity contribution in [2.24, 2.45) is 0 Å². The zero-order valence-corrected chi connectivity index (χ0v) is 15.9. The molecule has 1 amide bonds. The number of aliphatic hydroxyl groups is 1. The summed E-state index contributed by atoms with van der Waals surface area (Å²) in [6.07, 6.45) is 0.275. The van der Waals surface area contributed by atoms with Crippen LogP contribution in [0.25, 0.3) is 0 Å². The van der Waals surface area contributed by atoms with Crippen LogP contribution in [0.5, 0.6) is 0 Å². The first-order valence-electron chi connectivity index (χ1n) is 9.10. The van der Waals surface area contributed by atoms with E-state index in [-0.39, 0.29) is 36.9 Å². The Morgan fingerprint density at radius 3 is 2.56 bits per heavy atom. The van der Waals surface area contributed by atoms with Crippen LogP contribution in [0.3, 0.4) is 0 Å². The maximum atomic E-state index is 14.3. The summed E-state index contributed by atoms with van der Waals surface area (Å²) < 4.78 is 25.3. The van der Waals surface area contributed by atoms with E-state index in [2.05, 4.69) is 0 Å². The summed E-state index contributed by atoms with van der Waals surface area (Å²) in [6.45, 7) is 6.06. The van der Waals surface area contributed by atoms with Gasteiger partial charge in [-0.2, -0.15) is 5.26 Å². The summed E-state index contributed by atoms with van der Waals surface area (Å²) in [4.78, 5) is 14.3. The van der Waals surface area contributed by atoms with Crippen molar-refractivity contribution in [2.75, 3.05) is 13.2 Å². The topological polar surface area (TPSA) is 82.8 Å². The summed E-state index contributed by atoms with van der Waals surface area (Å²) in [6, 6.07) is 5.52. The number of benzene rings is 1. The average molecular weight is 376 g/mol. The highest BCUT2D eigenvalue weighted by Crippen LogP contribution is 2.37. The minimum Gasteiger partial charge on any atom is -0.444 e. The van der Waals surface area contributed by atoms with E-state index in [4.69, 9.17) is 14.7 Å². The van der Waals surface area contributed by atoms with Gasteiger partial charge in [0, 0.05) is 6.42 Å². The van der Waals surface area contributed by atoms with Crippen LogP contribution < -0.4 is 0 Å². The molecular weight excluding hydrogens is 351 g/mol. The lowest BCUT2D eigenvalue weighted by Gasteiger charge is -2.51. The molecular formula is C20H25FN2O4. The molecule has 2 bridgehead atoms. The molecule has 6 nitrogen and oxygen atoms in total. The molecule has 1 aromatic carbocycles. The van der Waals surface area contributed by atoms with Gasteiger partial charge < -0.3 is 14.6 Å². The molecule has 1 aromatic rings. The van der Waals surface area contributed by atoms with Crippen molar-refractivity contribution in [2.45, 2.75) is 63.3 Å². The van der Waals surface area contributed by atoms with E-state index in [1.807, 2.05) is 26.8 Å². The molecule has 2 atom stereocenters. The quantitative estimate of drug-likeness (QED) is 0.858. The molecule has 0 radical (unpaired) electrons. The Bertz CT molecular complexity index is 754. The lowest BCUT2D eigenvalue weighted by atomic mass is 9.77. The van der Waals surface area contributed by atoms with E-state index in [1.165, 1.54) is 6.07 Å². The number of halogens is 1. The minimum absolute atomic E-state index is 0.125. The molecule has 0 spiro atoms. The first-order chi connectivity index (χ1) is 12.6. The fraction of sp³-hybridized carbons (Fsp3) is 0.600. The summed E-state index contributed by atoms with van der Waals surface area (Å²) in [5.41, 5.74) is -1.15. The molecule has 7 heteroatoms. The van der Waals surface area contributed by atoms with Gasteiger partial charge in [-0.05, 0) is 51.3 Å². The van der Waals surface area contributed by atoms with Crippen LogP contribution in [0, 0.1) is 17.1 Å². The summed E-state index contributed by atoms with van der Waals surface area (Å²) >= 11 is 0. The largest absolute Gasteiger partial charge is 0.444 e. The SMILES string of the molecule is CC(C)(C)OC(=O)N1C2COCC1CC(O)(Cc1ccc(C#N)cc1F)C2. The zero-order valence-electron chi connectivity index (χ0n) is 15.9. The van der Waals surface area contributed by atoms with Crippen molar-refractivity contribution in [3.05, 3.63) is 35.1 Å². The third-order valence-electron chi connectivity index (χ3n) is 4.94. The van der Waals surface area contributed by atoms with E-state index in [1.54, 1.807) is 17.0 Å². The standard InChI is InChI=1S/C20H25FN2O4/c1-19(2,3)27-18(24)23-15-8-20(25,9-16(23)12-26-11-15)7-14-5-4-13(10-22)6-17(14)21/h4-6,15-16,25H,7-9,11-12H2,1-3H3. The van der Waals surface area contributed by atoms with Gasteiger partial charge in [0.05, 0.1) is 42.5 Å². The van der Waals surface area contributed by atoms with Crippen LogP contribution in [-0.2, 0) is 15.9 Å². The Morgan fingerprint density at radius 1 is 1.41 bits per heavy atom. The third-order valence-corrected chi connectivity index (χ3v) is 4.94. The second-order valence-electron chi connectivity index (χ2n) is 8.46. The molecule has 2 saturated heterocycles. The van der Waals surface area contributed by atoms with Crippen LogP contribution in [-0.4, -0.2) is 52.6 Å². The maximum absolute atomic E-state index is 14.3. The molecule has 27 heavy (non-hydrogen) atoms. The van der Waals surface area contributed by atoms with Crippen molar-refractivity contribution in [3.8, 4) is 6.07 Å². The lowest BCUT2D eigenvalue weighted by Crippen LogP contribution is -2.64. The van der Waals surface area contributed by atoms with Crippen molar-refractivity contribution >= 4 is 6.09 Å². The highest BCUT2D eigenvalue weighted by atomic mass is 19.1. The minimum atomic E-state index is -1.15. The van der Waals surface area contributed by atoms with Crippen molar-refractivity contribution < 1.29 is 23.8 Å². The lowest BCUT2D eigenvalue weighted by molar-refractivity contribution is -0.137. The number of amides is 1. The molecule has 2 aliphatic heterocycles. The second kappa shape index (κ2) is 7.10. The van der Waals surface area contributed by atoms with Crippen molar-refractivity contribution in [3.63, 3.8) is 0 Å². The van der Waals surface area contributed by atoms with Crippen LogP contribution >= 0.6 is 0 Å². The number of fused-ring (bicyclic) bond motifs is 2. The average Bonchev–Trinajstić information content (AvgIpc) is 2.54. The second-order valence-corrected chi connectivity index (χ2v) is 8.46. The molecule has 1 N–H and O–H groups in total. The maximum Gasteiger partial charge on any atom is 0.410 e. The number of hydrogen-bond donors (Lipinski definition) is 1. The number of nitriles is 1. The fourth-order valence-corrected chi connectivity index (χ4v) is 3.95. The van der Waals surface area contributed by atoms with Gasteiger partial charge in [-0.3, -0.25) is 4.90 Å². The van der Waals surface area contributed by atoms with Gasteiger partial charge in [-0.15, -0.1) is 0 Å². The Morgan fingerprint density at radius 2 is 2.04 bits per heavy atom. The fourth-order valence-electron chi connectivity index (χ4n) is 3.95. The molecule has 146 valence electrons. The normalized spacial score (nSPS) is 27.8. The Hall–Kier alpha value is -2.17. The van der Waals surface area contributed by atoms with Crippen LogP contribution in [0.1, 0.15) is 44.7 Å². The van der Waals surface area contributed by atoms with Crippen molar-refractivity contribution in [1.82, 2.24) is 4.90 Å². The van der Waals surface area contributed by atoms with Gasteiger partial charge in [0.1, 0.15) is 11.4 Å².